The third-order valence-electron chi connectivity index (χ3n) is 3.82. The Morgan fingerprint density at radius 2 is 1.77 bits per heavy atom. The molecule has 0 saturated carbocycles. The molecule has 0 aromatic heterocycles. The van der Waals surface area contributed by atoms with E-state index in [1.54, 1.807) is 18.2 Å². The predicted molar refractivity (Wildman–Crippen MR) is 97.5 cm³/mol. The Labute approximate surface area is 151 Å². The second-order valence-corrected chi connectivity index (χ2v) is 6.04. The van der Waals surface area contributed by atoms with E-state index >= 15 is 0 Å². The van der Waals surface area contributed by atoms with Crippen molar-refractivity contribution >= 4 is 23.7 Å². The predicted octanol–water partition coefficient (Wildman–Crippen LogP) is 2.63. The fourth-order valence-electron chi connectivity index (χ4n) is 2.35. The van der Waals surface area contributed by atoms with Crippen LogP contribution in [0.4, 0.5) is 5.69 Å². The maximum absolute atomic E-state index is 11.9. The molecule has 26 heavy (non-hydrogen) atoms. The van der Waals surface area contributed by atoms with Crippen LogP contribution in [-0.2, 0) is 9.59 Å². The smallest absolute Gasteiger partial charge is 0.329 e. The molecule has 2 aromatic carbocycles. The molecule has 2 aromatic rings. The van der Waals surface area contributed by atoms with Gasteiger partial charge in [0.2, 0.25) is 6.79 Å². The van der Waals surface area contributed by atoms with Crippen LogP contribution in [0.2, 0.25) is 0 Å². The second kappa shape index (κ2) is 7.69. The highest BCUT2D eigenvalue weighted by Gasteiger charge is 2.17. The molecule has 0 spiro atoms. The summed E-state index contributed by atoms with van der Waals surface area (Å²) in [6.45, 7) is 4.37. The van der Waals surface area contributed by atoms with Gasteiger partial charge in [-0.15, -0.1) is 0 Å². The summed E-state index contributed by atoms with van der Waals surface area (Å²) >= 11 is 0. The van der Waals surface area contributed by atoms with Crippen LogP contribution >= 0.6 is 0 Å². The average Bonchev–Trinajstić information content (AvgIpc) is 3.09. The zero-order chi connectivity index (χ0) is 18.5. The van der Waals surface area contributed by atoms with Gasteiger partial charge in [-0.1, -0.05) is 38.1 Å². The number of rotatable bonds is 4. The molecule has 3 rings (SSSR count). The van der Waals surface area contributed by atoms with E-state index in [9.17, 15) is 9.59 Å². The van der Waals surface area contributed by atoms with Crippen molar-refractivity contribution in [2.24, 2.45) is 5.10 Å². The summed E-state index contributed by atoms with van der Waals surface area (Å²) in [5.74, 6) is -0.124. The summed E-state index contributed by atoms with van der Waals surface area (Å²) in [5.41, 5.74) is 4.68. The van der Waals surface area contributed by atoms with Crippen molar-refractivity contribution in [3.63, 3.8) is 0 Å². The number of hydrazone groups is 1. The number of hydrogen-bond acceptors (Lipinski definition) is 5. The minimum absolute atomic E-state index is 0.139. The van der Waals surface area contributed by atoms with E-state index in [1.165, 1.54) is 11.8 Å². The Morgan fingerprint density at radius 3 is 2.50 bits per heavy atom. The Morgan fingerprint density at radius 1 is 1.04 bits per heavy atom. The van der Waals surface area contributed by atoms with Gasteiger partial charge >= 0.3 is 11.8 Å². The number of fused-ring (bicyclic) bond motifs is 1. The van der Waals surface area contributed by atoms with E-state index in [2.05, 4.69) is 29.7 Å². The Bertz CT molecular complexity index is 844. The van der Waals surface area contributed by atoms with Gasteiger partial charge < -0.3 is 14.8 Å². The van der Waals surface area contributed by atoms with Gasteiger partial charge in [0.25, 0.3) is 0 Å². The van der Waals surface area contributed by atoms with Gasteiger partial charge in [-0.25, -0.2) is 5.43 Å². The van der Waals surface area contributed by atoms with Crippen molar-refractivity contribution in [2.75, 3.05) is 12.1 Å². The SMILES string of the molecule is CC(C)c1ccc(C=NNC(=O)C(=O)Nc2ccc3c(c2)OCO3)cc1. The van der Waals surface area contributed by atoms with Crippen LogP contribution in [0.1, 0.15) is 30.9 Å². The molecule has 0 radical (unpaired) electrons. The largest absolute Gasteiger partial charge is 0.454 e. The molecule has 134 valence electrons. The van der Waals surface area contributed by atoms with Gasteiger partial charge in [-0.2, -0.15) is 5.10 Å². The molecule has 0 atom stereocenters. The molecule has 0 unspecified atom stereocenters. The van der Waals surface area contributed by atoms with Crippen molar-refractivity contribution < 1.29 is 19.1 Å². The maximum Gasteiger partial charge on any atom is 0.329 e. The molecular weight excluding hydrogens is 334 g/mol. The Kier molecular flexibility index (Phi) is 5.17. The quantitative estimate of drug-likeness (QED) is 0.502. The van der Waals surface area contributed by atoms with Gasteiger partial charge in [-0.05, 0) is 29.2 Å². The molecule has 1 aliphatic rings. The normalized spacial score (nSPS) is 12.4. The van der Waals surface area contributed by atoms with E-state index in [0.717, 1.165) is 5.56 Å². The molecule has 0 saturated heterocycles. The van der Waals surface area contributed by atoms with Crippen LogP contribution in [0.3, 0.4) is 0 Å². The van der Waals surface area contributed by atoms with Crippen LogP contribution in [0.5, 0.6) is 11.5 Å². The first kappa shape index (κ1) is 17.5. The minimum Gasteiger partial charge on any atom is -0.454 e. The number of carbonyl (C=O) groups is 2. The van der Waals surface area contributed by atoms with Crippen LogP contribution in [0.25, 0.3) is 0 Å². The minimum atomic E-state index is -0.863. The summed E-state index contributed by atoms with van der Waals surface area (Å²) in [4.78, 5) is 23.7. The zero-order valence-corrected chi connectivity index (χ0v) is 14.5. The van der Waals surface area contributed by atoms with Crippen molar-refractivity contribution in [2.45, 2.75) is 19.8 Å². The molecule has 7 nitrogen and oxygen atoms in total. The second-order valence-electron chi connectivity index (χ2n) is 6.04. The van der Waals surface area contributed by atoms with Gasteiger partial charge in [-0.3, -0.25) is 9.59 Å². The summed E-state index contributed by atoms with van der Waals surface area (Å²) in [7, 11) is 0. The van der Waals surface area contributed by atoms with Gasteiger partial charge in [0.15, 0.2) is 11.5 Å². The van der Waals surface area contributed by atoms with E-state index in [-0.39, 0.29) is 6.79 Å². The first-order valence-electron chi connectivity index (χ1n) is 8.17. The molecule has 2 N–H and O–H groups in total. The highest BCUT2D eigenvalue weighted by Crippen LogP contribution is 2.34. The zero-order valence-electron chi connectivity index (χ0n) is 14.5. The van der Waals surface area contributed by atoms with Crippen LogP contribution in [0.15, 0.2) is 47.6 Å². The fourth-order valence-corrected chi connectivity index (χ4v) is 2.35. The number of anilines is 1. The Balaban J connectivity index is 1.53. The third kappa shape index (κ3) is 4.18. The molecule has 0 bridgehead atoms. The standard InChI is InChI=1S/C19H19N3O4/c1-12(2)14-5-3-13(4-6-14)10-20-22-19(24)18(23)21-15-7-8-16-17(9-15)26-11-25-16/h3-10,12H,11H2,1-2H3,(H,21,23)(H,22,24). The molecule has 7 heteroatoms. The topological polar surface area (TPSA) is 89.0 Å². The number of benzene rings is 2. The van der Waals surface area contributed by atoms with Crippen molar-refractivity contribution in [1.82, 2.24) is 5.43 Å². The lowest BCUT2D eigenvalue weighted by Crippen LogP contribution is -2.32. The molecule has 2 amide bonds. The van der Waals surface area contributed by atoms with E-state index in [0.29, 0.717) is 23.1 Å². The van der Waals surface area contributed by atoms with E-state index < -0.39 is 11.8 Å². The van der Waals surface area contributed by atoms with Crippen LogP contribution in [-0.4, -0.2) is 24.8 Å². The molecule has 1 heterocycles. The molecular formula is C19H19N3O4. The van der Waals surface area contributed by atoms with Crippen LogP contribution < -0.4 is 20.2 Å². The summed E-state index contributed by atoms with van der Waals surface area (Å²) in [5, 5.41) is 6.29. The van der Waals surface area contributed by atoms with Crippen molar-refractivity contribution in [3.8, 4) is 11.5 Å². The Hall–Kier alpha value is -3.35. The van der Waals surface area contributed by atoms with Crippen molar-refractivity contribution in [3.05, 3.63) is 53.6 Å². The summed E-state index contributed by atoms with van der Waals surface area (Å²) < 4.78 is 10.4. The molecule has 0 aliphatic carbocycles. The lowest BCUT2D eigenvalue weighted by Gasteiger charge is -2.05. The highest BCUT2D eigenvalue weighted by atomic mass is 16.7. The van der Waals surface area contributed by atoms with Gasteiger partial charge in [0.05, 0.1) is 6.21 Å². The maximum atomic E-state index is 11.9. The number of hydrogen-bond donors (Lipinski definition) is 2. The number of nitrogens with one attached hydrogen (secondary N) is 2. The number of amides is 2. The number of ether oxygens (including phenoxy) is 2. The number of nitrogens with zero attached hydrogens (tertiary/aromatic N) is 1. The summed E-state index contributed by atoms with van der Waals surface area (Å²) in [6, 6.07) is 12.7. The monoisotopic (exact) mass is 353 g/mol. The lowest BCUT2D eigenvalue weighted by molar-refractivity contribution is -0.136. The van der Waals surface area contributed by atoms with E-state index in [4.69, 9.17) is 9.47 Å². The molecule has 0 fully saturated rings. The van der Waals surface area contributed by atoms with Gasteiger partial charge in [0, 0.05) is 11.8 Å². The number of carbonyl (C=O) groups excluding carboxylic acids is 2. The first-order valence-corrected chi connectivity index (χ1v) is 8.17. The lowest BCUT2D eigenvalue weighted by atomic mass is 10.0. The highest BCUT2D eigenvalue weighted by molar-refractivity contribution is 6.39. The van der Waals surface area contributed by atoms with E-state index in [1.807, 2.05) is 24.3 Å². The average molecular weight is 353 g/mol. The first-order chi connectivity index (χ1) is 12.5. The molecule has 1 aliphatic heterocycles. The third-order valence-corrected chi connectivity index (χ3v) is 3.82. The fraction of sp³-hybridized carbons (Fsp3) is 0.211. The van der Waals surface area contributed by atoms with Crippen LogP contribution in [0, 0.1) is 0 Å². The van der Waals surface area contributed by atoms with Crippen molar-refractivity contribution in [1.29, 1.82) is 0 Å². The van der Waals surface area contributed by atoms with Gasteiger partial charge in [0.1, 0.15) is 0 Å². The summed E-state index contributed by atoms with van der Waals surface area (Å²) in [6.07, 6.45) is 1.48.